The molecule has 0 aromatic carbocycles. The number of hydrogen-bond donors (Lipinski definition) is 1. The molecular weight excluding hydrogens is 264 g/mol. The summed E-state index contributed by atoms with van der Waals surface area (Å²) >= 11 is 3.55. The van der Waals surface area contributed by atoms with Crippen LogP contribution in [0.25, 0.3) is 0 Å². The summed E-state index contributed by atoms with van der Waals surface area (Å²) in [6.45, 7) is 0. The molecule has 3 aliphatic rings. The first-order valence-electron chi connectivity index (χ1n) is 6.21. The highest BCUT2D eigenvalue weighted by Crippen LogP contribution is 2.66. The van der Waals surface area contributed by atoms with Gasteiger partial charge in [-0.15, -0.1) is 0 Å². The van der Waals surface area contributed by atoms with Crippen molar-refractivity contribution in [2.24, 2.45) is 23.7 Å². The standard InChI is InChI=1S/C13H15BrN2/c14-9-2-1-5-15-13(9)16-12-10-7-3-4-8(6-7)11(10)12/h1-2,5,7-8,10-12H,3-4,6H2,(H,15,16). The van der Waals surface area contributed by atoms with Crippen molar-refractivity contribution in [3.8, 4) is 0 Å². The van der Waals surface area contributed by atoms with Crippen molar-refractivity contribution in [2.75, 3.05) is 5.32 Å². The summed E-state index contributed by atoms with van der Waals surface area (Å²) in [4.78, 5) is 4.40. The summed E-state index contributed by atoms with van der Waals surface area (Å²) in [6, 6.07) is 4.74. The third kappa shape index (κ3) is 1.21. The van der Waals surface area contributed by atoms with Gasteiger partial charge in [-0.3, -0.25) is 0 Å². The van der Waals surface area contributed by atoms with E-state index in [0.29, 0.717) is 0 Å². The Morgan fingerprint density at radius 1 is 1.25 bits per heavy atom. The van der Waals surface area contributed by atoms with Gasteiger partial charge in [0.2, 0.25) is 0 Å². The lowest BCUT2D eigenvalue weighted by atomic mass is 10.0. The molecule has 2 nitrogen and oxygen atoms in total. The molecule has 16 heavy (non-hydrogen) atoms. The van der Waals surface area contributed by atoms with E-state index < -0.39 is 0 Å². The van der Waals surface area contributed by atoms with Crippen LogP contribution in [0.2, 0.25) is 0 Å². The Hall–Kier alpha value is -0.570. The van der Waals surface area contributed by atoms with E-state index in [4.69, 9.17) is 0 Å². The summed E-state index contributed by atoms with van der Waals surface area (Å²) in [6.07, 6.45) is 6.33. The normalized spacial score (nSPS) is 43.2. The van der Waals surface area contributed by atoms with E-state index in [0.717, 1.165) is 40.0 Å². The van der Waals surface area contributed by atoms with Crippen LogP contribution in [0.1, 0.15) is 19.3 Å². The molecule has 0 amide bonds. The van der Waals surface area contributed by atoms with Crippen LogP contribution in [0, 0.1) is 23.7 Å². The predicted molar refractivity (Wildman–Crippen MR) is 67.2 cm³/mol. The van der Waals surface area contributed by atoms with E-state index in [1.807, 2.05) is 12.3 Å². The largest absolute Gasteiger partial charge is 0.366 e. The van der Waals surface area contributed by atoms with Crippen molar-refractivity contribution in [1.82, 2.24) is 4.98 Å². The lowest BCUT2D eigenvalue weighted by Crippen LogP contribution is -2.13. The second-order valence-electron chi connectivity index (χ2n) is 5.49. The molecule has 0 radical (unpaired) electrons. The number of rotatable bonds is 2. The number of nitrogens with one attached hydrogen (secondary N) is 1. The fourth-order valence-corrected chi connectivity index (χ4v) is 4.54. The SMILES string of the molecule is Brc1cccnc1NC1C2C3CCC(C3)C12. The summed E-state index contributed by atoms with van der Waals surface area (Å²) in [5.74, 6) is 5.01. The molecule has 1 aromatic rings. The topological polar surface area (TPSA) is 24.9 Å². The van der Waals surface area contributed by atoms with Gasteiger partial charge in [0.25, 0.3) is 0 Å². The summed E-state index contributed by atoms with van der Waals surface area (Å²) < 4.78 is 1.09. The Balaban J connectivity index is 1.53. The van der Waals surface area contributed by atoms with E-state index in [1.54, 1.807) is 0 Å². The minimum atomic E-state index is 0.720. The van der Waals surface area contributed by atoms with Crippen molar-refractivity contribution in [1.29, 1.82) is 0 Å². The van der Waals surface area contributed by atoms with Crippen LogP contribution in [-0.2, 0) is 0 Å². The first-order valence-corrected chi connectivity index (χ1v) is 7.01. The van der Waals surface area contributed by atoms with Gasteiger partial charge in [0, 0.05) is 12.2 Å². The van der Waals surface area contributed by atoms with E-state index in [1.165, 1.54) is 19.3 Å². The molecule has 1 aromatic heterocycles. The molecule has 2 bridgehead atoms. The fourth-order valence-electron chi connectivity index (χ4n) is 4.17. The van der Waals surface area contributed by atoms with Crippen LogP contribution in [-0.4, -0.2) is 11.0 Å². The summed E-state index contributed by atoms with van der Waals surface area (Å²) in [7, 11) is 0. The smallest absolute Gasteiger partial charge is 0.140 e. The second kappa shape index (κ2) is 3.22. The number of halogens is 1. The van der Waals surface area contributed by atoms with Crippen molar-refractivity contribution in [2.45, 2.75) is 25.3 Å². The Labute approximate surface area is 104 Å². The van der Waals surface area contributed by atoms with Gasteiger partial charge in [0.05, 0.1) is 4.47 Å². The van der Waals surface area contributed by atoms with Crippen LogP contribution >= 0.6 is 15.9 Å². The van der Waals surface area contributed by atoms with Gasteiger partial charge in [-0.05, 0) is 71.0 Å². The molecule has 4 atom stereocenters. The predicted octanol–water partition coefficient (Wildman–Crippen LogP) is 3.30. The molecule has 1 N–H and O–H groups in total. The van der Waals surface area contributed by atoms with Gasteiger partial charge in [0.1, 0.15) is 5.82 Å². The van der Waals surface area contributed by atoms with E-state index >= 15 is 0 Å². The van der Waals surface area contributed by atoms with Gasteiger partial charge in [-0.2, -0.15) is 0 Å². The monoisotopic (exact) mass is 278 g/mol. The Kier molecular flexibility index (Phi) is 1.90. The van der Waals surface area contributed by atoms with Crippen LogP contribution in [0.5, 0.6) is 0 Å². The highest BCUT2D eigenvalue weighted by molar-refractivity contribution is 9.10. The maximum atomic E-state index is 4.40. The molecule has 3 aliphatic carbocycles. The van der Waals surface area contributed by atoms with Gasteiger partial charge >= 0.3 is 0 Å². The van der Waals surface area contributed by atoms with Gasteiger partial charge in [-0.25, -0.2) is 4.98 Å². The van der Waals surface area contributed by atoms with Crippen molar-refractivity contribution < 1.29 is 0 Å². The third-order valence-corrected chi connectivity index (χ3v) is 5.44. The molecule has 84 valence electrons. The number of anilines is 1. The first-order chi connectivity index (χ1) is 7.84. The van der Waals surface area contributed by atoms with E-state index in [2.05, 4.69) is 32.3 Å². The summed E-state index contributed by atoms with van der Waals surface area (Å²) in [5, 5.41) is 3.63. The first kappa shape index (κ1) is 9.46. The zero-order valence-electron chi connectivity index (χ0n) is 9.07. The van der Waals surface area contributed by atoms with Crippen molar-refractivity contribution in [3.05, 3.63) is 22.8 Å². The molecule has 3 fully saturated rings. The Morgan fingerprint density at radius 2 is 2.00 bits per heavy atom. The maximum absolute atomic E-state index is 4.40. The molecule has 3 heteroatoms. The van der Waals surface area contributed by atoms with Crippen molar-refractivity contribution >= 4 is 21.7 Å². The minimum Gasteiger partial charge on any atom is -0.366 e. The lowest BCUT2D eigenvalue weighted by Gasteiger charge is -2.11. The van der Waals surface area contributed by atoms with Crippen molar-refractivity contribution in [3.63, 3.8) is 0 Å². The number of nitrogens with zero attached hydrogens (tertiary/aromatic N) is 1. The van der Waals surface area contributed by atoms with Crippen LogP contribution in [0.15, 0.2) is 22.8 Å². The Morgan fingerprint density at radius 3 is 2.69 bits per heavy atom. The fraction of sp³-hybridized carbons (Fsp3) is 0.615. The second-order valence-corrected chi connectivity index (χ2v) is 6.35. The number of fused-ring (bicyclic) bond motifs is 5. The highest BCUT2D eigenvalue weighted by Gasteiger charge is 2.65. The molecule has 1 heterocycles. The molecule has 3 saturated carbocycles. The zero-order chi connectivity index (χ0) is 10.7. The zero-order valence-corrected chi connectivity index (χ0v) is 10.7. The number of pyridine rings is 1. The molecule has 4 rings (SSSR count). The van der Waals surface area contributed by atoms with Crippen LogP contribution < -0.4 is 5.32 Å². The minimum absolute atomic E-state index is 0.720. The quantitative estimate of drug-likeness (QED) is 0.898. The summed E-state index contributed by atoms with van der Waals surface area (Å²) in [5.41, 5.74) is 0. The average molecular weight is 279 g/mol. The highest BCUT2D eigenvalue weighted by atomic mass is 79.9. The molecule has 4 unspecified atom stereocenters. The van der Waals surface area contributed by atoms with Crippen LogP contribution in [0.4, 0.5) is 5.82 Å². The Bertz CT molecular complexity index is 418. The number of hydrogen-bond acceptors (Lipinski definition) is 2. The molecule has 0 aliphatic heterocycles. The molecule has 0 spiro atoms. The lowest BCUT2D eigenvalue weighted by molar-refractivity contribution is 0.456. The van der Waals surface area contributed by atoms with E-state index in [-0.39, 0.29) is 0 Å². The van der Waals surface area contributed by atoms with E-state index in [9.17, 15) is 0 Å². The van der Waals surface area contributed by atoms with Gasteiger partial charge < -0.3 is 5.32 Å². The van der Waals surface area contributed by atoms with Gasteiger partial charge in [0.15, 0.2) is 0 Å². The van der Waals surface area contributed by atoms with Gasteiger partial charge in [-0.1, -0.05) is 0 Å². The number of aromatic nitrogens is 1. The van der Waals surface area contributed by atoms with Crippen LogP contribution in [0.3, 0.4) is 0 Å². The average Bonchev–Trinajstić information content (AvgIpc) is 2.71. The molecule has 0 saturated heterocycles. The third-order valence-electron chi connectivity index (χ3n) is 4.80. The maximum Gasteiger partial charge on any atom is 0.140 e. The molecular formula is C13H15BrN2.